The van der Waals surface area contributed by atoms with Crippen LogP contribution in [0.2, 0.25) is 0 Å². The number of hydrogen-bond donors (Lipinski definition) is 0. The summed E-state index contributed by atoms with van der Waals surface area (Å²) in [6.07, 6.45) is 0.0632. The number of anilines is 1. The lowest BCUT2D eigenvalue weighted by Gasteiger charge is -2.19. The van der Waals surface area contributed by atoms with E-state index < -0.39 is 17.5 Å². The van der Waals surface area contributed by atoms with E-state index >= 15 is 0 Å². The molecule has 1 aromatic heterocycles. The van der Waals surface area contributed by atoms with Gasteiger partial charge in [-0.2, -0.15) is 0 Å². The van der Waals surface area contributed by atoms with Crippen molar-refractivity contribution in [3.8, 4) is 5.75 Å². The lowest BCUT2D eigenvalue weighted by molar-refractivity contribution is -0.149. The molecule has 1 atom stereocenters. The second kappa shape index (κ2) is 8.02. The minimum absolute atomic E-state index is 0.0632. The number of benzene rings is 2. The molecule has 0 spiro atoms. The third-order valence-electron chi connectivity index (χ3n) is 5.19. The first-order valence-electron chi connectivity index (χ1n) is 9.59. The number of carbonyl (C=O) groups excluding carboxylic acids is 2. The molecule has 0 N–H and O–H groups in total. The van der Waals surface area contributed by atoms with Crippen LogP contribution in [0.3, 0.4) is 0 Å². The van der Waals surface area contributed by atoms with Crippen molar-refractivity contribution in [2.45, 2.75) is 20.0 Å². The monoisotopic (exact) mass is 407 g/mol. The number of fused-ring (bicyclic) bond motifs is 1. The Kier molecular flexibility index (Phi) is 5.27. The lowest BCUT2D eigenvalue weighted by atomic mass is 10.1. The summed E-state index contributed by atoms with van der Waals surface area (Å²) in [6, 6.07) is 14.0. The van der Waals surface area contributed by atoms with Gasteiger partial charge in [0, 0.05) is 30.0 Å². The van der Waals surface area contributed by atoms with Gasteiger partial charge in [-0.3, -0.25) is 9.59 Å². The predicted octanol–water partition coefficient (Wildman–Crippen LogP) is 3.21. The number of esters is 1. The van der Waals surface area contributed by atoms with Crippen molar-refractivity contribution >= 4 is 28.5 Å². The topological polar surface area (TPSA) is 86.0 Å². The standard InChI is InChI=1S/C23H21NO6/c1-14-7-8-17-16(11-22(26)30-20(17)9-14)13-29-23(27)15-10-21(25)24(12-15)18-5-3-4-6-19(18)28-2/h3-9,11,15H,10,12-13H2,1-2H3/t15-/m0/s1. The molecule has 0 unspecified atom stereocenters. The molecule has 1 saturated heterocycles. The van der Waals surface area contributed by atoms with Crippen LogP contribution < -0.4 is 15.3 Å². The average molecular weight is 407 g/mol. The van der Waals surface area contributed by atoms with Crippen molar-refractivity contribution in [3.63, 3.8) is 0 Å². The second-order valence-corrected chi connectivity index (χ2v) is 7.28. The van der Waals surface area contributed by atoms with E-state index in [9.17, 15) is 14.4 Å². The highest BCUT2D eigenvalue weighted by Gasteiger charge is 2.37. The molecular formula is C23H21NO6. The van der Waals surface area contributed by atoms with Crippen molar-refractivity contribution in [3.05, 3.63) is 70.1 Å². The zero-order valence-corrected chi connectivity index (χ0v) is 16.7. The van der Waals surface area contributed by atoms with E-state index in [4.69, 9.17) is 13.9 Å². The van der Waals surface area contributed by atoms with Gasteiger partial charge in [-0.05, 0) is 30.7 Å². The molecule has 1 fully saturated rings. The van der Waals surface area contributed by atoms with Crippen LogP contribution in [0.25, 0.3) is 11.0 Å². The largest absolute Gasteiger partial charge is 0.495 e. The normalized spacial score (nSPS) is 16.1. The quantitative estimate of drug-likeness (QED) is 0.477. The summed E-state index contributed by atoms with van der Waals surface area (Å²) in [6.45, 7) is 2.05. The first-order valence-corrected chi connectivity index (χ1v) is 9.59. The number of amides is 1. The average Bonchev–Trinajstić information content (AvgIpc) is 3.12. The van der Waals surface area contributed by atoms with Crippen LogP contribution in [0.1, 0.15) is 17.5 Å². The number of carbonyl (C=O) groups is 2. The summed E-state index contributed by atoms with van der Waals surface area (Å²) in [4.78, 5) is 38.5. The molecule has 154 valence electrons. The van der Waals surface area contributed by atoms with Gasteiger partial charge in [0.25, 0.3) is 0 Å². The van der Waals surface area contributed by atoms with Crippen LogP contribution >= 0.6 is 0 Å². The molecule has 1 aliphatic heterocycles. The Morgan fingerprint density at radius 1 is 1.17 bits per heavy atom. The lowest BCUT2D eigenvalue weighted by Crippen LogP contribution is -2.26. The SMILES string of the molecule is COc1ccccc1N1C[C@@H](C(=O)OCc2cc(=O)oc3cc(C)ccc23)CC1=O. The molecule has 2 heterocycles. The minimum Gasteiger partial charge on any atom is -0.495 e. The van der Waals surface area contributed by atoms with Crippen molar-refractivity contribution in [2.24, 2.45) is 5.92 Å². The maximum absolute atomic E-state index is 12.6. The number of methoxy groups -OCH3 is 1. The number of nitrogens with zero attached hydrogens (tertiary/aromatic N) is 1. The van der Waals surface area contributed by atoms with Crippen LogP contribution in [0, 0.1) is 12.8 Å². The molecule has 1 amide bonds. The number of hydrogen-bond acceptors (Lipinski definition) is 6. The van der Waals surface area contributed by atoms with Gasteiger partial charge in [0.05, 0.1) is 18.7 Å². The highest BCUT2D eigenvalue weighted by Crippen LogP contribution is 2.33. The van der Waals surface area contributed by atoms with Gasteiger partial charge in [-0.15, -0.1) is 0 Å². The highest BCUT2D eigenvalue weighted by atomic mass is 16.5. The number of rotatable bonds is 5. The third-order valence-corrected chi connectivity index (χ3v) is 5.19. The molecule has 0 saturated carbocycles. The number of para-hydroxylation sites is 2. The van der Waals surface area contributed by atoms with Crippen LogP contribution in [-0.4, -0.2) is 25.5 Å². The second-order valence-electron chi connectivity index (χ2n) is 7.28. The van der Waals surface area contributed by atoms with Gasteiger partial charge in [-0.25, -0.2) is 4.79 Å². The Bertz CT molecular complexity index is 1180. The Hall–Kier alpha value is -3.61. The molecule has 30 heavy (non-hydrogen) atoms. The summed E-state index contributed by atoms with van der Waals surface area (Å²) >= 11 is 0. The van der Waals surface area contributed by atoms with E-state index in [2.05, 4.69) is 0 Å². The first kappa shape index (κ1) is 19.7. The maximum atomic E-state index is 12.6. The molecule has 7 nitrogen and oxygen atoms in total. The van der Waals surface area contributed by atoms with E-state index in [1.807, 2.05) is 31.2 Å². The van der Waals surface area contributed by atoms with Gasteiger partial charge in [-0.1, -0.05) is 24.3 Å². The molecule has 2 aromatic carbocycles. The fourth-order valence-electron chi connectivity index (χ4n) is 3.67. The number of ether oxygens (including phenoxy) is 2. The fourth-order valence-corrected chi connectivity index (χ4v) is 3.67. The molecule has 4 rings (SSSR count). The summed E-state index contributed by atoms with van der Waals surface area (Å²) in [7, 11) is 1.54. The molecule has 0 bridgehead atoms. The molecule has 7 heteroatoms. The Morgan fingerprint density at radius 2 is 1.97 bits per heavy atom. The molecule has 0 radical (unpaired) electrons. The zero-order chi connectivity index (χ0) is 21.3. The fraction of sp³-hybridized carbons (Fsp3) is 0.261. The number of aryl methyl sites for hydroxylation is 1. The smallest absolute Gasteiger partial charge is 0.336 e. The maximum Gasteiger partial charge on any atom is 0.336 e. The Morgan fingerprint density at radius 3 is 2.77 bits per heavy atom. The van der Waals surface area contributed by atoms with Crippen LogP contribution in [0.5, 0.6) is 5.75 Å². The van der Waals surface area contributed by atoms with Crippen molar-refractivity contribution in [1.82, 2.24) is 0 Å². The van der Waals surface area contributed by atoms with Gasteiger partial charge in [0.1, 0.15) is 17.9 Å². The van der Waals surface area contributed by atoms with E-state index in [1.54, 1.807) is 23.1 Å². The third kappa shape index (κ3) is 3.78. The van der Waals surface area contributed by atoms with Gasteiger partial charge < -0.3 is 18.8 Å². The van der Waals surface area contributed by atoms with Gasteiger partial charge in [0.2, 0.25) is 5.91 Å². The van der Waals surface area contributed by atoms with Gasteiger partial charge in [0.15, 0.2) is 0 Å². The van der Waals surface area contributed by atoms with Crippen molar-refractivity contribution in [1.29, 1.82) is 0 Å². The first-order chi connectivity index (χ1) is 14.5. The van der Waals surface area contributed by atoms with E-state index in [1.165, 1.54) is 13.2 Å². The molecule has 1 aliphatic rings. The predicted molar refractivity (Wildman–Crippen MR) is 110 cm³/mol. The van der Waals surface area contributed by atoms with Crippen molar-refractivity contribution < 1.29 is 23.5 Å². The molecule has 0 aliphatic carbocycles. The van der Waals surface area contributed by atoms with E-state index in [0.29, 0.717) is 28.0 Å². The van der Waals surface area contributed by atoms with E-state index in [-0.39, 0.29) is 25.5 Å². The van der Waals surface area contributed by atoms with Crippen LogP contribution in [-0.2, 0) is 20.9 Å². The molecular weight excluding hydrogens is 386 g/mol. The Balaban J connectivity index is 1.49. The van der Waals surface area contributed by atoms with Crippen LogP contribution in [0.15, 0.2) is 57.7 Å². The molecule has 3 aromatic rings. The minimum atomic E-state index is -0.587. The van der Waals surface area contributed by atoms with Gasteiger partial charge >= 0.3 is 11.6 Å². The summed E-state index contributed by atoms with van der Waals surface area (Å²) < 4.78 is 16.0. The summed E-state index contributed by atoms with van der Waals surface area (Å²) in [5.41, 5.74) is 2.10. The van der Waals surface area contributed by atoms with Crippen LogP contribution in [0.4, 0.5) is 5.69 Å². The zero-order valence-electron chi connectivity index (χ0n) is 16.7. The van der Waals surface area contributed by atoms with E-state index in [0.717, 1.165) is 5.56 Å². The summed E-state index contributed by atoms with van der Waals surface area (Å²) in [5, 5.41) is 0.714. The van der Waals surface area contributed by atoms with Crippen molar-refractivity contribution in [2.75, 3.05) is 18.6 Å². The Labute approximate surface area is 172 Å². The summed E-state index contributed by atoms with van der Waals surface area (Å²) in [5.74, 6) is -0.661. The highest BCUT2D eigenvalue weighted by molar-refractivity contribution is 6.00.